The van der Waals surface area contributed by atoms with Crippen LogP contribution < -0.4 is 10.9 Å². The lowest BCUT2D eigenvalue weighted by Gasteiger charge is -2.07. The summed E-state index contributed by atoms with van der Waals surface area (Å²) in [6.07, 6.45) is 0.862. The average molecular weight is 410 g/mol. The fourth-order valence-corrected chi connectivity index (χ4v) is 4.52. The summed E-state index contributed by atoms with van der Waals surface area (Å²) >= 11 is 3.00. The molecule has 0 spiro atoms. The van der Waals surface area contributed by atoms with E-state index in [0.29, 0.717) is 11.3 Å². The molecule has 0 saturated heterocycles. The van der Waals surface area contributed by atoms with Gasteiger partial charge in [0.1, 0.15) is 0 Å². The Kier molecular flexibility index (Phi) is 5.27. The molecule has 2 amide bonds. The van der Waals surface area contributed by atoms with Crippen LogP contribution in [0, 0.1) is 6.92 Å². The molecule has 0 bridgehead atoms. The molecular formula is C21H19N3O2S2. The maximum Gasteiger partial charge on any atom is 0.279 e. The molecule has 3 heterocycles. The summed E-state index contributed by atoms with van der Waals surface area (Å²) in [6.45, 7) is 2.06. The van der Waals surface area contributed by atoms with Gasteiger partial charge in [0.15, 0.2) is 0 Å². The first kappa shape index (κ1) is 18.5. The van der Waals surface area contributed by atoms with Crippen LogP contribution in [0.4, 0.5) is 0 Å². The van der Waals surface area contributed by atoms with Gasteiger partial charge in [-0.1, -0.05) is 23.8 Å². The quantitative estimate of drug-likeness (QED) is 0.420. The van der Waals surface area contributed by atoms with E-state index in [0.717, 1.165) is 27.0 Å². The minimum absolute atomic E-state index is 0.218. The fraction of sp³-hybridized carbons (Fsp3) is 0.143. The zero-order chi connectivity index (χ0) is 19.5. The number of aromatic amines is 1. The topological polar surface area (TPSA) is 74.0 Å². The van der Waals surface area contributed by atoms with Crippen molar-refractivity contribution in [1.82, 2.24) is 15.8 Å². The number of hydrazine groups is 1. The highest BCUT2D eigenvalue weighted by atomic mass is 32.1. The first-order chi connectivity index (χ1) is 13.6. The number of thiophene rings is 2. The highest BCUT2D eigenvalue weighted by Crippen LogP contribution is 2.34. The van der Waals surface area contributed by atoms with Crippen LogP contribution in [0.1, 0.15) is 27.2 Å². The van der Waals surface area contributed by atoms with Gasteiger partial charge in [0.25, 0.3) is 5.91 Å². The second-order valence-electron chi connectivity index (χ2n) is 6.48. The number of H-pyrrole nitrogens is 1. The van der Waals surface area contributed by atoms with Gasteiger partial charge in [-0.25, -0.2) is 0 Å². The van der Waals surface area contributed by atoms with Crippen molar-refractivity contribution in [2.24, 2.45) is 0 Å². The molecule has 7 heteroatoms. The van der Waals surface area contributed by atoms with E-state index in [1.165, 1.54) is 16.9 Å². The van der Waals surface area contributed by atoms with Gasteiger partial charge >= 0.3 is 0 Å². The monoisotopic (exact) mass is 409 g/mol. The Hall–Kier alpha value is -2.90. The molecule has 0 saturated carbocycles. The van der Waals surface area contributed by atoms with E-state index in [1.54, 1.807) is 23.5 Å². The number of amides is 2. The summed E-state index contributed by atoms with van der Waals surface area (Å²) in [7, 11) is 0. The molecule has 0 atom stereocenters. The zero-order valence-corrected chi connectivity index (χ0v) is 16.9. The Morgan fingerprint density at radius 1 is 1.04 bits per heavy atom. The van der Waals surface area contributed by atoms with Crippen molar-refractivity contribution < 1.29 is 9.59 Å². The van der Waals surface area contributed by atoms with Crippen molar-refractivity contribution >= 4 is 45.4 Å². The van der Waals surface area contributed by atoms with Gasteiger partial charge < -0.3 is 4.98 Å². The molecule has 0 aliphatic heterocycles. The van der Waals surface area contributed by atoms with Gasteiger partial charge in [0.2, 0.25) is 5.91 Å². The Labute approximate surface area is 170 Å². The van der Waals surface area contributed by atoms with Crippen molar-refractivity contribution in [2.75, 3.05) is 0 Å². The van der Waals surface area contributed by atoms with E-state index in [2.05, 4.69) is 47.0 Å². The lowest BCUT2D eigenvalue weighted by Crippen LogP contribution is -2.41. The predicted molar refractivity (Wildman–Crippen MR) is 115 cm³/mol. The van der Waals surface area contributed by atoms with Crippen molar-refractivity contribution in [1.29, 1.82) is 0 Å². The zero-order valence-electron chi connectivity index (χ0n) is 15.2. The average Bonchev–Trinajstić information content (AvgIpc) is 3.44. The number of fused-ring (bicyclic) bond motifs is 1. The van der Waals surface area contributed by atoms with Crippen molar-refractivity contribution in [3.63, 3.8) is 0 Å². The largest absolute Gasteiger partial charge is 0.354 e. The number of benzene rings is 1. The van der Waals surface area contributed by atoms with Gasteiger partial charge in [-0.3, -0.25) is 20.4 Å². The maximum atomic E-state index is 12.3. The van der Waals surface area contributed by atoms with Crippen LogP contribution in [-0.2, 0) is 11.2 Å². The second-order valence-corrected chi connectivity index (χ2v) is 8.38. The molecule has 3 N–H and O–H groups in total. The minimum Gasteiger partial charge on any atom is -0.354 e. The molecule has 1 aromatic carbocycles. The maximum absolute atomic E-state index is 12.3. The van der Waals surface area contributed by atoms with Crippen LogP contribution in [0.5, 0.6) is 0 Å². The summed E-state index contributed by atoms with van der Waals surface area (Å²) < 4.78 is 0. The number of aromatic nitrogens is 1. The van der Waals surface area contributed by atoms with Gasteiger partial charge in [-0.05, 0) is 53.9 Å². The molecule has 0 aliphatic carbocycles. The fourth-order valence-electron chi connectivity index (χ4n) is 3.15. The van der Waals surface area contributed by atoms with E-state index in [1.807, 2.05) is 16.8 Å². The van der Waals surface area contributed by atoms with E-state index < -0.39 is 0 Å². The number of nitrogens with one attached hydrogen (secondary N) is 3. The van der Waals surface area contributed by atoms with Gasteiger partial charge in [-0.15, -0.1) is 22.7 Å². The van der Waals surface area contributed by atoms with E-state index in [4.69, 9.17) is 0 Å². The smallest absolute Gasteiger partial charge is 0.279 e. The summed E-state index contributed by atoms with van der Waals surface area (Å²) in [4.78, 5) is 29.4. The van der Waals surface area contributed by atoms with Gasteiger partial charge in [0, 0.05) is 17.3 Å². The summed E-state index contributed by atoms with van der Waals surface area (Å²) in [5.74, 6) is -0.519. The van der Waals surface area contributed by atoms with Crippen LogP contribution >= 0.6 is 22.7 Å². The molecule has 0 aliphatic rings. The molecule has 3 aromatic heterocycles. The number of hydrogen-bond donors (Lipinski definition) is 3. The third-order valence-corrected chi connectivity index (χ3v) is 6.25. The van der Waals surface area contributed by atoms with E-state index in [-0.39, 0.29) is 18.2 Å². The molecule has 0 radical (unpaired) electrons. The first-order valence-electron chi connectivity index (χ1n) is 8.89. The number of aryl methyl sites for hydroxylation is 2. The van der Waals surface area contributed by atoms with E-state index >= 15 is 0 Å². The third-order valence-electron chi connectivity index (χ3n) is 4.49. The third kappa shape index (κ3) is 3.85. The second kappa shape index (κ2) is 8.00. The summed E-state index contributed by atoms with van der Waals surface area (Å²) in [5, 5.41) is 5.00. The van der Waals surface area contributed by atoms with Crippen LogP contribution in [0.3, 0.4) is 0 Å². The Morgan fingerprint density at radius 2 is 1.86 bits per heavy atom. The molecule has 4 rings (SSSR count). The Morgan fingerprint density at radius 3 is 2.61 bits per heavy atom. The van der Waals surface area contributed by atoms with E-state index in [9.17, 15) is 9.59 Å². The number of carbonyl (C=O) groups excluding carboxylic acids is 2. The lowest BCUT2D eigenvalue weighted by atomic mass is 10.0. The van der Waals surface area contributed by atoms with Crippen LogP contribution in [0.15, 0.2) is 53.2 Å². The summed E-state index contributed by atoms with van der Waals surface area (Å²) in [6, 6.07) is 13.9. The van der Waals surface area contributed by atoms with Crippen LogP contribution in [0.25, 0.3) is 21.5 Å². The lowest BCUT2D eigenvalue weighted by molar-refractivity contribution is -0.121. The SMILES string of the molecule is Cc1ccc2[nH]c(-c3cccs3)c(CCC(=O)NNC(=O)c3cccs3)c2c1. The first-order valence-corrected chi connectivity index (χ1v) is 10.7. The highest BCUT2D eigenvalue weighted by Gasteiger charge is 2.16. The predicted octanol–water partition coefficient (Wildman–Crippen LogP) is 4.66. The molecule has 0 unspecified atom stereocenters. The molecule has 0 fully saturated rings. The van der Waals surface area contributed by atoms with Gasteiger partial charge in [-0.2, -0.15) is 0 Å². The minimum atomic E-state index is -0.301. The summed E-state index contributed by atoms with van der Waals surface area (Å²) in [5.41, 5.74) is 9.41. The van der Waals surface area contributed by atoms with Crippen molar-refractivity contribution in [3.05, 3.63) is 69.2 Å². The molecular weight excluding hydrogens is 390 g/mol. The molecule has 5 nitrogen and oxygen atoms in total. The molecule has 142 valence electrons. The normalized spacial score (nSPS) is 10.9. The van der Waals surface area contributed by atoms with Crippen molar-refractivity contribution in [3.8, 4) is 10.6 Å². The Balaban J connectivity index is 1.49. The number of rotatable bonds is 5. The molecule has 28 heavy (non-hydrogen) atoms. The van der Waals surface area contributed by atoms with Gasteiger partial charge in [0.05, 0.1) is 15.4 Å². The van der Waals surface area contributed by atoms with Crippen molar-refractivity contribution in [2.45, 2.75) is 19.8 Å². The number of hydrogen-bond acceptors (Lipinski definition) is 4. The van der Waals surface area contributed by atoms with Crippen LogP contribution in [0.2, 0.25) is 0 Å². The number of carbonyl (C=O) groups is 2. The standard InChI is InChI=1S/C21H19N3O2S2/c1-13-6-8-16-15(12-13)14(20(22-16)17-4-2-10-27-17)7-9-19(25)23-24-21(26)18-5-3-11-28-18/h2-6,8,10-12,22H,7,9H2,1H3,(H,23,25)(H,24,26). The Bertz CT molecular complexity index is 1110. The van der Waals surface area contributed by atoms with Crippen LogP contribution in [-0.4, -0.2) is 16.8 Å². The highest BCUT2D eigenvalue weighted by molar-refractivity contribution is 7.13. The molecule has 4 aromatic rings.